The predicted octanol–water partition coefficient (Wildman–Crippen LogP) is 2.59. The number of carboxylic acid groups (broad SMARTS) is 1. The van der Waals surface area contributed by atoms with Crippen LogP contribution in [-0.2, 0) is 9.59 Å². The van der Waals surface area contributed by atoms with Crippen molar-refractivity contribution in [2.45, 2.75) is 31.9 Å². The molecule has 37 heavy (non-hydrogen) atoms. The van der Waals surface area contributed by atoms with Crippen molar-refractivity contribution in [3.8, 4) is 0 Å². The van der Waals surface area contributed by atoms with Crippen molar-refractivity contribution < 1.29 is 37.1 Å². The zero-order chi connectivity index (χ0) is 26.6. The molecule has 3 aliphatic rings. The number of aromatic nitrogens is 2. The Labute approximate surface area is 210 Å². The van der Waals surface area contributed by atoms with Crippen LogP contribution in [0.4, 0.5) is 19.1 Å². The van der Waals surface area contributed by atoms with Gasteiger partial charge in [-0.05, 0) is 49.8 Å². The lowest BCUT2D eigenvalue weighted by atomic mass is 9.74. The molecular formula is C24H28F3N5O5. The van der Waals surface area contributed by atoms with E-state index in [1.165, 1.54) is 19.1 Å². The summed E-state index contributed by atoms with van der Waals surface area (Å²) in [7, 11) is 0. The number of alkyl halides is 3. The summed E-state index contributed by atoms with van der Waals surface area (Å²) in [6.07, 6.45) is 3.82. The van der Waals surface area contributed by atoms with Crippen LogP contribution in [0.2, 0.25) is 0 Å². The zero-order valence-corrected chi connectivity index (χ0v) is 20.0. The molecule has 5 rings (SSSR count). The fraction of sp³-hybridized carbons (Fsp3) is 0.542. The molecule has 0 unspecified atom stereocenters. The van der Waals surface area contributed by atoms with Gasteiger partial charge < -0.3 is 24.6 Å². The van der Waals surface area contributed by atoms with E-state index >= 15 is 0 Å². The number of halogens is 3. The zero-order valence-electron chi connectivity index (χ0n) is 20.0. The Kier molecular flexibility index (Phi) is 7.69. The number of aliphatic carboxylic acids is 1. The van der Waals surface area contributed by atoms with Crippen LogP contribution in [-0.4, -0.2) is 76.7 Å². The minimum Gasteiger partial charge on any atom is -0.475 e. The minimum atomic E-state index is -5.08. The molecule has 1 aliphatic carbocycles. The SMILES string of the molecule is O=C(O)C(F)(F)F.O=C(c1ccco1)N1CCC[C@]2(C(=O)NCC3CC3)CN(c3ncccn3)C[C@@H]2C1. The van der Waals surface area contributed by atoms with Gasteiger partial charge in [0.05, 0.1) is 11.7 Å². The Balaban J connectivity index is 0.000000405. The number of hydrogen-bond donors (Lipinski definition) is 2. The van der Waals surface area contributed by atoms with Crippen LogP contribution in [0.3, 0.4) is 0 Å². The van der Waals surface area contributed by atoms with Gasteiger partial charge in [0.1, 0.15) is 0 Å². The molecular weight excluding hydrogens is 495 g/mol. The third kappa shape index (κ3) is 6.20. The first-order chi connectivity index (χ1) is 17.6. The summed E-state index contributed by atoms with van der Waals surface area (Å²) in [6.45, 7) is 3.16. The Hall–Kier alpha value is -3.64. The van der Waals surface area contributed by atoms with Gasteiger partial charge in [-0.2, -0.15) is 13.2 Å². The minimum absolute atomic E-state index is 0.0157. The Morgan fingerprint density at radius 1 is 1.16 bits per heavy atom. The van der Waals surface area contributed by atoms with Crippen LogP contribution in [0, 0.1) is 17.3 Å². The summed E-state index contributed by atoms with van der Waals surface area (Å²) in [5, 5.41) is 10.3. The summed E-state index contributed by atoms with van der Waals surface area (Å²) in [6, 6.07) is 5.21. The lowest BCUT2D eigenvalue weighted by molar-refractivity contribution is -0.192. The summed E-state index contributed by atoms with van der Waals surface area (Å²) >= 11 is 0. The van der Waals surface area contributed by atoms with E-state index in [4.69, 9.17) is 14.3 Å². The van der Waals surface area contributed by atoms with Crippen LogP contribution in [0.5, 0.6) is 0 Å². The fourth-order valence-corrected chi connectivity index (χ4v) is 4.89. The normalized spacial score (nSPS) is 23.4. The fourth-order valence-electron chi connectivity index (χ4n) is 4.89. The average Bonchev–Trinajstić information content (AvgIpc) is 3.46. The van der Waals surface area contributed by atoms with Gasteiger partial charge >= 0.3 is 12.1 Å². The highest BCUT2D eigenvalue weighted by Gasteiger charge is 2.54. The number of fused-ring (bicyclic) bond motifs is 1. The van der Waals surface area contributed by atoms with E-state index in [-0.39, 0.29) is 17.7 Å². The molecule has 2 aromatic rings. The maximum absolute atomic E-state index is 13.5. The Morgan fingerprint density at radius 2 is 1.86 bits per heavy atom. The summed E-state index contributed by atoms with van der Waals surface area (Å²) in [4.78, 5) is 48.0. The van der Waals surface area contributed by atoms with E-state index in [2.05, 4.69) is 20.2 Å². The van der Waals surface area contributed by atoms with E-state index in [0.29, 0.717) is 43.8 Å². The quantitative estimate of drug-likeness (QED) is 0.612. The molecule has 3 fully saturated rings. The highest BCUT2D eigenvalue weighted by Crippen LogP contribution is 2.44. The molecule has 2 aromatic heterocycles. The summed E-state index contributed by atoms with van der Waals surface area (Å²) in [5.41, 5.74) is -0.535. The molecule has 13 heteroatoms. The van der Waals surface area contributed by atoms with Gasteiger partial charge in [-0.3, -0.25) is 9.59 Å². The number of nitrogens with one attached hydrogen (secondary N) is 1. The number of carboxylic acids is 1. The van der Waals surface area contributed by atoms with Crippen LogP contribution in [0.15, 0.2) is 41.3 Å². The standard InChI is InChI=1S/C22H27N5O3.C2HF3O2/c28-19(18-4-1-11-30-18)26-10-2-7-22(20(29)25-12-16-5-6-16)15-27(14-17(22)13-26)21-23-8-3-9-24-21;3-2(4,5)1(6)7/h1,3-4,8-9,11,16-17H,2,5-7,10,12-15H2,(H,25,29);(H,6,7)/t17-,22-;/m0./s1. The van der Waals surface area contributed by atoms with Crippen molar-refractivity contribution in [1.82, 2.24) is 20.2 Å². The van der Waals surface area contributed by atoms with Gasteiger partial charge in [0, 0.05) is 51.0 Å². The van der Waals surface area contributed by atoms with Crippen molar-refractivity contribution in [1.29, 1.82) is 0 Å². The first-order valence-electron chi connectivity index (χ1n) is 12.0. The maximum atomic E-state index is 13.5. The van der Waals surface area contributed by atoms with Crippen molar-refractivity contribution in [2.24, 2.45) is 17.3 Å². The molecule has 0 aromatic carbocycles. The molecule has 1 saturated carbocycles. The molecule has 200 valence electrons. The van der Waals surface area contributed by atoms with Crippen molar-refractivity contribution in [3.05, 3.63) is 42.6 Å². The van der Waals surface area contributed by atoms with E-state index in [1.807, 2.05) is 4.90 Å². The van der Waals surface area contributed by atoms with Crippen LogP contribution in [0.25, 0.3) is 0 Å². The third-order valence-corrected chi connectivity index (χ3v) is 6.98. The lowest BCUT2D eigenvalue weighted by Crippen LogP contribution is -2.48. The average molecular weight is 524 g/mol. The smallest absolute Gasteiger partial charge is 0.475 e. The Bertz CT molecular complexity index is 1090. The van der Waals surface area contributed by atoms with E-state index in [9.17, 15) is 22.8 Å². The second-order valence-corrected chi connectivity index (χ2v) is 9.57. The number of likely N-dealkylation sites (tertiary alicyclic amines) is 1. The highest BCUT2D eigenvalue weighted by molar-refractivity contribution is 5.92. The van der Waals surface area contributed by atoms with Gasteiger partial charge in [-0.15, -0.1) is 0 Å². The van der Waals surface area contributed by atoms with Gasteiger partial charge in [-0.25, -0.2) is 14.8 Å². The topological polar surface area (TPSA) is 129 Å². The molecule has 4 heterocycles. The molecule has 2 N–H and O–H groups in total. The second kappa shape index (κ2) is 10.8. The number of amides is 2. The molecule has 2 saturated heterocycles. The molecule has 10 nitrogen and oxygen atoms in total. The van der Waals surface area contributed by atoms with E-state index < -0.39 is 17.6 Å². The maximum Gasteiger partial charge on any atom is 0.490 e. The van der Waals surface area contributed by atoms with Gasteiger partial charge in [0.2, 0.25) is 11.9 Å². The van der Waals surface area contributed by atoms with Gasteiger partial charge in [0.15, 0.2) is 5.76 Å². The monoisotopic (exact) mass is 523 g/mol. The largest absolute Gasteiger partial charge is 0.490 e. The van der Waals surface area contributed by atoms with Crippen molar-refractivity contribution in [2.75, 3.05) is 37.6 Å². The number of nitrogens with zero attached hydrogens (tertiary/aromatic N) is 4. The first-order valence-corrected chi connectivity index (χ1v) is 12.0. The van der Waals surface area contributed by atoms with Crippen LogP contribution in [0.1, 0.15) is 36.2 Å². The molecule has 2 atom stereocenters. The van der Waals surface area contributed by atoms with Crippen molar-refractivity contribution >= 4 is 23.7 Å². The third-order valence-electron chi connectivity index (χ3n) is 6.98. The van der Waals surface area contributed by atoms with E-state index in [0.717, 1.165) is 19.4 Å². The Morgan fingerprint density at radius 3 is 2.46 bits per heavy atom. The summed E-state index contributed by atoms with van der Waals surface area (Å²) < 4.78 is 37.1. The van der Waals surface area contributed by atoms with Crippen molar-refractivity contribution in [3.63, 3.8) is 0 Å². The van der Waals surface area contributed by atoms with Crippen LogP contribution < -0.4 is 10.2 Å². The summed E-state index contributed by atoms with van der Waals surface area (Å²) in [5.74, 6) is -1.12. The molecule has 2 aliphatic heterocycles. The van der Waals surface area contributed by atoms with E-state index in [1.54, 1.807) is 30.6 Å². The number of carbonyl (C=O) groups excluding carboxylic acids is 2. The predicted molar refractivity (Wildman–Crippen MR) is 123 cm³/mol. The lowest BCUT2D eigenvalue weighted by Gasteiger charge is -2.32. The molecule has 0 radical (unpaired) electrons. The molecule has 0 bridgehead atoms. The number of anilines is 1. The molecule has 0 spiro atoms. The molecule has 2 amide bonds. The number of carbonyl (C=O) groups is 3. The van der Waals surface area contributed by atoms with Gasteiger partial charge in [0.25, 0.3) is 5.91 Å². The second-order valence-electron chi connectivity index (χ2n) is 9.57. The highest BCUT2D eigenvalue weighted by atomic mass is 19.4. The van der Waals surface area contributed by atoms with Gasteiger partial charge in [-0.1, -0.05) is 0 Å². The number of rotatable bonds is 5. The van der Waals surface area contributed by atoms with Crippen LogP contribution >= 0.6 is 0 Å². The number of furan rings is 1. The number of hydrogen-bond acceptors (Lipinski definition) is 7. The first kappa shape index (κ1) is 26.4.